The Hall–Kier alpha value is -0.950. The Morgan fingerprint density at radius 2 is 2.23 bits per heavy atom. The van der Waals surface area contributed by atoms with E-state index in [1.54, 1.807) is 6.20 Å². The fourth-order valence-electron chi connectivity index (χ4n) is 0.834. The first-order valence-corrected chi connectivity index (χ1v) is 5.13. The molecule has 13 heavy (non-hydrogen) atoms. The van der Waals surface area contributed by atoms with Crippen LogP contribution in [-0.2, 0) is 16.7 Å². The molecular formula is C6H12N3O3S+. The van der Waals surface area contributed by atoms with Crippen LogP contribution in [0.4, 0.5) is 0 Å². The molecule has 1 aromatic heterocycles. The molecule has 0 saturated carbocycles. The molecule has 0 aliphatic rings. The third-order valence-electron chi connectivity index (χ3n) is 1.76. The summed E-state index contributed by atoms with van der Waals surface area (Å²) >= 11 is 0. The lowest BCUT2D eigenvalue weighted by atomic mass is 10.2. The molecular weight excluding hydrogens is 194 g/mol. The zero-order chi connectivity index (χ0) is 10.1. The minimum absolute atomic E-state index is 0.131. The predicted molar refractivity (Wildman–Crippen MR) is 44.4 cm³/mol. The molecule has 0 aliphatic carbocycles. The van der Waals surface area contributed by atoms with Crippen molar-refractivity contribution in [2.45, 2.75) is 25.1 Å². The quantitative estimate of drug-likeness (QED) is 0.509. The predicted octanol–water partition coefficient (Wildman–Crippen LogP) is -0.636. The Kier molecular flexibility index (Phi) is 2.40. The topological polar surface area (TPSA) is 86.9 Å². The molecule has 2 N–H and O–H groups in total. The maximum Gasteiger partial charge on any atom is 0.274 e. The van der Waals surface area contributed by atoms with Gasteiger partial charge in [-0.2, -0.15) is 13.1 Å². The zero-order valence-electron chi connectivity index (χ0n) is 7.43. The van der Waals surface area contributed by atoms with Crippen molar-refractivity contribution in [1.82, 2.24) is 10.3 Å². The molecule has 0 unspecified atom stereocenters. The first-order valence-electron chi connectivity index (χ1n) is 3.69. The van der Waals surface area contributed by atoms with Gasteiger partial charge in [0.1, 0.15) is 11.3 Å². The fraction of sp³-hybridized carbons (Fsp3) is 0.667. The summed E-state index contributed by atoms with van der Waals surface area (Å²) in [7, 11) is -4.05. The zero-order valence-corrected chi connectivity index (χ0v) is 8.24. The van der Waals surface area contributed by atoms with Crippen LogP contribution in [0.5, 0.6) is 0 Å². The van der Waals surface area contributed by atoms with Gasteiger partial charge in [-0.3, -0.25) is 4.55 Å². The molecule has 74 valence electrons. The molecule has 0 bridgehead atoms. The molecule has 1 heterocycles. The summed E-state index contributed by atoms with van der Waals surface area (Å²) < 4.78 is 30.9. The second-order valence-electron chi connectivity index (χ2n) is 3.39. The van der Waals surface area contributed by atoms with Crippen LogP contribution in [-0.4, -0.2) is 28.0 Å². The number of hydrogen-bond acceptors (Lipinski definition) is 3. The summed E-state index contributed by atoms with van der Waals surface area (Å²) in [6, 6.07) is 0. The van der Waals surface area contributed by atoms with Gasteiger partial charge in [-0.15, -0.1) is 0 Å². The molecule has 0 aromatic carbocycles. The summed E-state index contributed by atoms with van der Waals surface area (Å²) in [5.41, 5.74) is 0. The van der Waals surface area contributed by atoms with E-state index in [4.69, 9.17) is 4.55 Å². The standard InChI is InChI=1S/C6H11N3O3S/c1-6(2,13(10,11)12)5-9-4-3-7-8-9/h3-4H,5H2,1-2H3,(H,10,11,12)/p+1. The van der Waals surface area contributed by atoms with Gasteiger partial charge in [0.2, 0.25) is 6.20 Å². The lowest BCUT2D eigenvalue weighted by Crippen LogP contribution is -2.49. The van der Waals surface area contributed by atoms with E-state index in [0.717, 1.165) is 0 Å². The fourth-order valence-corrected chi connectivity index (χ4v) is 1.14. The molecule has 7 heteroatoms. The van der Waals surface area contributed by atoms with Gasteiger partial charge in [-0.25, -0.2) is 0 Å². The maximum atomic E-state index is 10.9. The minimum atomic E-state index is -4.05. The molecule has 0 radical (unpaired) electrons. The second-order valence-corrected chi connectivity index (χ2v) is 5.45. The lowest BCUT2D eigenvalue weighted by molar-refractivity contribution is -0.756. The lowest BCUT2D eigenvalue weighted by Gasteiger charge is -2.17. The highest BCUT2D eigenvalue weighted by molar-refractivity contribution is 7.87. The van der Waals surface area contributed by atoms with Crippen LogP contribution >= 0.6 is 0 Å². The molecule has 0 saturated heterocycles. The third-order valence-corrected chi connectivity index (χ3v) is 3.28. The highest BCUT2D eigenvalue weighted by atomic mass is 32.2. The molecule has 0 aliphatic heterocycles. The Morgan fingerprint density at radius 3 is 2.62 bits per heavy atom. The monoisotopic (exact) mass is 206 g/mol. The van der Waals surface area contributed by atoms with Crippen molar-refractivity contribution in [3.05, 3.63) is 12.4 Å². The van der Waals surface area contributed by atoms with E-state index in [2.05, 4.69) is 10.3 Å². The maximum absolute atomic E-state index is 10.9. The highest BCUT2D eigenvalue weighted by Gasteiger charge is 2.35. The molecule has 1 aromatic rings. The largest absolute Gasteiger partial charge is 0.285 e. The van der Waals surface area contributed by atoms with E-state index >= 15 is 0 Å². The first-order chi connectivity index (χ1) is 5.83. The number of hydrogen-bond donors (Lipinski definition) is 2. The summed E-state index contributed by atoms with van der Waals surface area (Å²) in [6.07, 6.45) is 3.09. The Labute approximate surface area is 76.3 Å². The third kappa shape index (κ3) is 2.25. The molecule has 1 rings (SSSR count). The van der Waals surface area contributed by atoms with Crippen LogP contribution in [0.1, 0.15) is 13.8 Å². The van der Waals surface area contributed by atoms with Crippen molar-refractivity contribution in [2.75, 3.05) is 0 Å². The van der Waals surface area contributed by atoms with E-state index in [-0.39, 0.29) is 6.54 Å². The second kappa shape index (κ2) is 3.08. The summed E-state index contributed by atoms with van der Waals surface area (Å²) in [6.45, 7) is 3.01. The number of nitrogens with one attached hydrogen (secondary N) is 1. The average molecular weight is 206 g/mol. The van der Waals surface area contributed by atoms with Gasteiger partial charge in [-0.1, -0.05) is 5.21 Å². The van der Waals surface area contributed by atoms with E-state index in [1.807, 2.05) is 0 Å². The van der Waals surface area contributed by atoms with Crippen LogP contribution in [0.25, 0.3) is 0 Å². The van der Waals surface area contributed by atoms with Gasteiger partial charge in [0.05, 0.1) is 0 Å². The summed E-state index contributed by atoms with van der Waals surface area (Å²) in [5, 5.41) is 6.21. The smallest absolute Gasteiger partial charge is 0.274 e. The molecule has 0 spiro atoms. The Morgan fingerprint density at radius 1 is 1.62 bits per heavy atom. The van der Waals surface area contributed by atoms with Gasteiger partial charge in [0.25, 0.3) is 10.1 Å². The van der Waals surface area contributed by atoms with Gasteiger partial charge >= 0.3 is 0 Å². The number of aromatic nitrogens is 3. The van der Waals surface area contributed by atoms with E-state index in [0.29, 0.717) is 0 Å². The number of nitrogens with zero attached hydrogens (tertiary/aromatic N) is 2. The van der Waals surface area contributed by atoms with Gasteiger partial charge in [-0.05, 0) is 13.8 Å². The Balaban J connectivity index is 2.86. The summed E-state index contributed by atoms with van der Waals surface area (Å²) in [5.74, 6) is 0. The summed E-state index contributed by atoms with van der Waals surface area (Å²) in [4.78, 5) is 0. The molecule has 0 amide bonds. The van der Waals surface area contributed by atoms with Crippen LogP contribution in [0.15, 0.2) is 12.4 Å². The van der Waals surface area contributed by atoms with E-state index < -0.39 is 14.9 Å². The number of aromatic amines is 1. The molecule has 0 atom stereocenters. The average Bonchev–Trinajstić information content (AvgIpc) is 2.35. The van der Waals surface area contributed by atoms with Crippen molar-refractivity contribution in [3.63, 3.8) is 0 Å². The van der Waals surface area contributed by atoms with Gasteiger partial charge < -0.3 is 0 Å². The van der Waals surface area contributed by atoms with Crippen LogP contribution in [0.3, 0.4) is 0 Å². The van der Waals surface area contributed by atoms with Crippen molar-refractivity contribution < 1.29 is 17.7 Å². The van der Waals surface area contributed by atoms with Gasteiger partial charge in [0.15, 0.2) is 6.20 Å². The number of rotatable bonds is 3. The normalized spacial score (nSPS) is 13.2. The van der Waals surface area contributed by atoms with Crippen LogP contribution in [0.2, 0.25) is 0 Å². The van der Waals surface area contributed by atoms with E-state index in [9.17, 15) is 8.42 Å². The molecule has 6 nitrogen and oxygen atoms in total. The van der Waals surface area contributed by atoms with Crippen LogP contribution in [0, 0.1) is 0 Å². The molecule has 0 fully saturated rings. The highest BCUT2D eigenvalue weighted by Crippen LogP contribution is 2.13. The van der Waals surface area contributed by atoms with Crippen molar-refractivity contribution >= 4 is 10.1 Å². The van der Waals surface area contributed by atoms with Crippen molar-refractivity contribution in [1.29, 1.82) is 0 Å². The van der Waals surface area contributed by atoms with E-state index in [1.165, 1.54) is 24.7 Å². The number of H-pyrrole nitrogens is 1. The van der Waals surface area contributed by atoms with Crippen molar-refractivity contribution in [3.8, 4) is 0 Å². The van der Waals surface area contributed by atoms with Crippen molar-refractivity contribution in [2.24, 2.45) is 0 Å². The first kappa shape index (κ1) is 10.1. The Bertz CT molecular complexity index is 368. The van der Waals surface area contributed by atoms with Crippen LogP contribution < -0.4 is 4.68 Å². The van der Waals surface area contributed by atoms with Gasteiger partial charge in [0, 0.05) is 5.10 Å². The SMILES string of the molecule is CC(C)(C[n+]1ccn[nH]1)S(=O)(=O)O. The minimum Gasteiger partial charge on any atom is -0.285 e.